The first-order valence-electron chi connectivity index (χ1n) is 9.11. The quantitative estimate of drug-likeness (QED) is 0.384. The summed E-state index contributed by atoms with van der Waals surface area (Å²) in [4.78, 5) is 17.9. The molecule has 0 radical (unpaired) electrons. The van der Waals surface area contributed by atoms with Crippen molar-refractivity contribution < 1.29 is 9.90 Å². The molecule has 29 heavy (non-hydrogen) atoms. The number of rotatable bonds is 4. The van der Waals surface area contributed by atoms with Crippen LogP contribution in [0.1, 0.15) is 27.2 Å². The Bertz CT molecular complexity index is 1260. The first-order chi connectivity index (χ1) is 13.9. The van der Waals surface area contributed by atoms with Gasteiger partial charge in [-0.05, 0) is 56.2 Å². The average molecular weight is 423 g/mol. The van der Waals surface area contributed by atoms with Crippen LogP contribution < -0.4 is 0 Å². The van der Waals surface area contributed by atoms with Crippen molar-refractivity contribution in [3.8, 4) is 5.69 Å². The summed E-state index contributed by atoms with van der Waals surface area (Å²) < 4.78 is 2.12. The number of pyridine rings is 1. The van der Waals surface area contributed by atoms with Crippen molar-refractivity contribution in [2.24, 2.45) is 0 Å². The Morgan fingerprint density at radius 3 is 2.59 bits per heavy atom. The second-order valence-corrected chi connectivity index (χ2v) is 8.36. The van der Waals surface area contributed by atoms with Crippen molar-refractivity contribution in [3.05, 3.63) is 82.3 Å². The van der Waals surface area contributed by atoms with Crippen LogP contribution >= 0.6 is 23.4 Å². The second-order valence-electron chi connectivity index (χ2n) is 6.92. The molecule has 0 saturated heterocycles. The summed E-state index contributed by atoms with van der Waals surface area (Å²) in [5.41, 5.74) is 4.90. The van der Waals surface area contributed by atoms with Gasteiger partial charge in [0.25, 0.3) is 0 Å². The molecule has 0 atom stereocenters. The van der Waals surface area contributed by atoms with Crippen LogP contribution in [0.2, 0.25) is 5.15 Å². The van der Waals surface area contributed by atoms with Gasteiger partial charge in [-0.25, -0.2) is 9.78 Å². The third kappa shape index (κ3) is 3.52. The molecule has 0 aliphatic heterocycles. The third-order valence-electron chi connectivity index (χ3n) is 4.98. The lowest BCUT2D eigenvalue weighted by Gasteiger charge is -2.10. The van der Waals surface area contributed by atoms with Gasteiger partial charge in [-0.15, -0.1) is 0 Å². The molecule has 0 bridgehead atoms. The standard InChI is InChI=1S/C23H19ClN2O2S/c1-13-11-19(15(3)25-22(13)24)26-12-21(17-7-4-5-9-18(17)26)29-20-10-6-8-16(14(20)2)23(27)28/h4-12H,1-3H3,(H,27,28). The Morgan fingerprint density at radius 2 is 1.83 bits per heavy atom. The van der Waals surface area contributed by atoms with Crippen LogP contribution in [-0.2, 0) is 0 Å². The van der Waals surface area contributed by atoms with Crippen LogP contribution in [0, 0.1) is 20.8 Å². The number of halogens is 1. The molecule has 4 aromatic rings. The van der Waals surface area contributed by atoms with E-state index in [-0.39, 0.29) is 0 Å². The Morgan fingerprint density at radius 1 is 1.07 bits per heavy atom. The number of nitrogens with zero attached hydrogens (tertiary/aromatic N) is 2. The molecule has 2 aromatic carbocycles. The molecule has 4 nitrogen and oxygen atoms in total. The number of para-hydroxylation sites is 1. The topological polar surface area (TPSA) is 55.1 Å². The van der Waals surface area contributed by atoms with Gasteiger partial charge < -0.3 is 9.67 Å². The molecule has 0 unspecified atom stereocenters. The van der Waals surface area contributed by atoms with Crippen molar-refractivity contribution in [2.75, 3.05) is 0 Å². The number of hydrogen-bond acceptors (Lipinski definition) is 3. The highest BCUT2D eigenvalue weighted by Crippen LogP contribution is 2.38. The maximum absolute atomic E-state index is 11.5. The molecule has 0 aliphatic rings. The summed E-state index contributed by atoms with van der Waals surface area (Å²) in [6.07, 6.45) is 2.08. The highest BCUT2D eigenvalue weighted by atomic mass is 35.5. The highest BCUT2D eigenvalue weighted by Gasteiger charge is 2.16. The number of benzene rings is 2. The zero-order valence-electron chi connectivity index (χ0n) is 16.2. The Hall–Kier alpha value is -2.76. The summed E-state index contributed by atoms with van der Waals surface area (Å²) in [6.45, 7) is 5.74. The number of fused-ring (bicyclic) bond motifs is 1. The molecular formula is C23H19ClN2O2S. The van der Waals surface area contributed by atoms with Gasteiger partial charge in [0.15, 0.2) is 0 Å². The minimum Gasteiger partial charge on any atom is -0.478 e. The molecule has 0 fully saturated rings. The van der Waals surface area contributed by atoms with Gasteiger partial charge in [-0.1, -0.05) is 47.6 Å². The van der Waals surface area contributed by atoms with E-state index >= 15 is 0 Å². The molecular weight excluding hydrogens is 404 g/mol. The van der Waals surface area contributed by atoms with Crippen LogP contribution in [0.3, 0.4) is 0 Å². The molecule has 6 heteroatoms. The van der Waals surface area contributed by atoms with E-state index in [0.29, 0.717) is 10.7 Å². The predicted molar refractivity (Wildman–Crippen MR) is 118 cm³/mol. The lowest BCUT2D eigenvalue weighted by Crippen LogP contribution is -2.00. The van der Waals surface area contributed by atoms with Crippen LogP contribution in [-0.4, -0.2) is 20.6 Å². The average Bonchev–Trinajstić information content (AvgIpc) is 3.04. The van der Waals surface area contributed by atoms with Crippen LogP contribution in [0.15, 0.2) is 64.5 Å². The highest BCUT2D eigenvalue weighted by molar-refractivity contribution is 7.99. The van der Waals surface area contributed by atoms with Crippen molar-refractivity contribution in [1.82, 2.24) is 9.55 Å². The van der Waals surface area contributed by atoms with Gasteiger partial charge in [0, 0.05) is 21.4 Å². The molecule has 2 aromatic heterocycles. The van der Waals surface area contributed by atoms with E-state index in [2.05, 4.69) is 27.9 Å². The number of carbonyl (C=O) groups is 1. The summed E-state index contributed by atoms with van der Waals surface area (Å²) in [5, 5.41) is 11.0. The zero-order chi connectivity index (χ0) is 20.7. The van der Waals surface area contributed by atoms with E-state index < -0.39 is 5.97 Å². The largest absolute Gasteiger partial charge is 0.478 e. The van der Waals surface area contributed by atoms with Gasteiger partial charge in [-0.3, -0.25) is 0 Å². The van der Waals surface area contributed by atoms with Gasteiger partial charge in [0.05, 0.1) is 22.5 Å². The van der Waals surface area contributed by atoms with Crippen molar-refractivity contribution in [3.63, 3.8) is 0 Å². The van der Waals surface area contributed by atoms with E-state index in [1.54, 1.807) is 23.9 Å². The van der Waals surface area contributed by atoms with E-state index in [0.717, 1.165) is 43.2 Å². The van der Waals surface area contributed by atoms with Gasteiger partial charge in [0.1, 0.15) is 5.15 Å². The number of aromatic nitrogens is 2. The molecule has 1 N–H and O–H groups in total. The Labute approximate surface area is 178 Å². The van der Waals surface area contributed by atoms with Gasteiger partial charge >= 0.3 is 5.97 Å². The number of aryl methyl sites for hydroxylation is 2. The summed E-state index contributed by atoms with van der Waals surface area (Å²) >= 11 is 7.76. The molecule has 2 heterocycles. The van der Waals surface area contributed by atoms with Crippen LogP contribution in [0.25, 0.3) is 16.6 Å². The fourth-order valence-corrected chi connectivity index (χ4v) is 4.68. The molecule has 4 rings (SSSR count). The van der Waals surface area contributed by atoms with Crippen molar-refractivity contribution in [2.45, 2.75) is 30.6 Å². The predicted octanol–water partition coefficient (Wildman–Crippen LogP) is 6.45. The van der Waals surface area contributed by atoms with E-state index in [1.807, 2.05) is 45.0 Å². The van der Waals surface area contributed by atoms with E-state index in [1.165, 1.54) is 0 Å². The monoisotopic (exact) mass is 422 g/mol. The maximum atomic E-state index is 11.5. The lowest BCUT2D eigenvalue weighted by molar-refractivity contribution is 0.0696. The normalized spacial score (nSPS) is 11.2. The smallest absolute Gasteiger partial charge is 0.335 e. The number of carboxylic acids is 1. The van der Waals surface area contributed by atoms with Crippen LogP contribution in [0.4, 0.5) is 0 Å². The Balaban J connectivity index is 1.88. The first kappa shape index (κ1) is 19.6. The first-order valence-corrected chi connectivity index (χ1v) is 10.3. The fraction of sp³-hybridized carbons (Fsp3) is 0.130. The summed E-state index contributed by atoms with van der Waals surface area (Å²) in [5.74, 6) is -0.911. The minimum atomic E-state index is -0.911. The van der Waals surface area contributed by atoms with E-state index in [4.69, 9.17) is 11.6 Å². The third-order valence-corrected chi connectivity index (χ3v) is 6.57. The maximum Gasteiger partial charge on any atom is 0.335 e. The molecule has 0 saturated carbocycles. The second kappa shape index (κ2) is 7.58. The van der Waals surface area contributed by atoms with Crippen molar-refractivity contribution >= 4 is 40.2 Å². The SMILES string of the molecule is Cc1cc(-n2cc(Sc3cccc(C(=O)O)c3C)c3ccccc32)c(C)nc1Cl. The molecule has 0 spiro atoms. The minimum absolute atomic E-state index is 0.326. The zero-order valence-corrected chi connectivity index (χ0v) is 17.8. The van der Waals surface area contributed by atoms with Crippen LogP contribution in [0.5, 0.6) is 0 Å². The van der Waals surface area contributed by atoms with E-state index in [9.17, 15) is 9.90 Å². The number of aromatic carboxylic acids is 1. The summed E-state index contributed by atoms with van der Waals surface area (Å²) in [6, 6.07) is 15.6. The molecule has 0 amide bonds. The number of hydrogen-bond donors (Lipinski definition) is 1. The van der Waals surface area contributed by atoms with Gasteiger partial charge in [-0.2, -0.15) is 0 Å². The van der Waals surface area contributed by atoms with Gasteiger partial charge in [0.2, 0.25) is 0 Å². The fourth-order valence-electron chi connectivity index (χ4n) is 3.41. The number of carboxylic acid groups (broad SMARTS) is 1. The molecule has 0 aliphatic carbocycles. The van der Waals surface area contributed by atoms with Crippen molar-refractivity contribution in [1.29, 1.82) is 0 Å². The summed E-state index contributed by atoms with van der Waals surface area (Å²) in [7, 11) is 0. The lowest BCUT2D eigenvalue weighted by atomic mass is 10.1. The Kier molecular flexibility index (Phi) is 5.11. The molecule has 146 valence electrons.